The molecule has 0 aromatic heterocycles. The predicted octanol–water partition coefficient (Wildman–Crippen LogP) is 2.42. The molecule has 0 spiro atoms. The van der Waals surface area contributed by atoms with Gasteiger partial charge in [0.05, 0.1) is 10.6 Å². The number of rotatable bonds is 9. The smallest absolute Gasteiger partial charge is 0.252 e. The van der Waals surface area contributed by atoms with E-state index >= 15 is 0 Å². The predicted molar refractivity (Wildman–Crippen MR) is 117 cm³/mol. The SMILES string of the molecule is CCNC(=NCCCN1CCCCCC1=O)NCCNC(=O)c1ccccc1Cl. The highest BCUT2D eigenvalue weighted by Gasteiger charge is 2.15. The molecule has 1 heterocycles. The molecule has 160 valence electrons. The molecular weight excluding hydrogens is 390 g/mol. The monoisotopic (exact) mass is 421 g/mol. The van der Waals surface area contributed by atoms with Crippen molar-refractivity contribution in [3.63, 3.8) is 0 Å². The van der Waals surface area contributed by atoms with E-state index < -0.39 is 0 Å². The third kappa shape index (κ3) is 8.31. The normalized spacial score (nSPS) is 15.0. The highest BCUT2D eigenvalue weighted by Crippen LogP contribution is 2.14. The number of halogens is 1. The van der Waals surface area contributed by atoms with Crippen LogP contribution < -0.4 is 16.0 Å². The van der Waals surface area contributed by atoms with Gasteiger partial charge in [0.25, 0.3) is 5.91 Å². The number of hydrogen-bond acceptors (Lipinski definition) is 3. The number of amides is 2. The lowest BCUT2D eigenvalue weighted by atomic mass is 10.2. The molecule has 0 radical (unpaired) electrons. The van der Waals surface area contributed by atoms with E-state index in [1.54, 1.807) is 24.3 Å². The Balaban J connectivity index is 1.69. The zero-order chi connectivity index (χ0) is 20.9. The third-order valence-electron chi connectivity index (χ3n) is 4.69. The van der Waals surface area contributed by atoms with Crippen LogP contribution >= 0.6 is 11.6 Å². The van der Waals surface area contributed by atoms with Crippen molar-refractivity contribution in [1.29, 1.82) is 0 Å². The second-order valence-electron chi connectivity index (χ2n) is 6.97. The Labute approximate surface area is 178 Å². The first-order valence-corrected chi connectivity index (χ1v) is 10.8. The number of likely N-dealkylation sites (tertiary alicyclic amines) is 1. The largest absolute Gasteiger partial charge is 0.357 e. The highest BCUT2D eigenvalue weighted by atomic mass is 35.5. The van der Waals surface area contributed by atoms with Crippen LogP contribution in [0.5, 0.6) is 0 Å². The maximum Gasteiger partial charge on any atom is 0.252 e. The van der Waals surface area contributed by atoms with Crippen LogP contribution in [0.15, 0.2) is 29.3 Å². The summed E-state index contributed by atoms with van der Waals surface area (Å²) in [5.41, 5.74) is 0.470. The number of hydrogen-bond donors (Lipinski definition) is 3. The second kappa shape index (κ2) is 13.0. The van der Waals surface area contributed by atoms with Gasteiger partial charge in [-0.25, -0.2) is 0 Å². The Hall–Kier alpha value is -2.28. The van der Waals surface area contributed by atoms with Gasteiger partial charge >= 0.3 is 0 Å². The second-order valence-corrected chi connectivity index (χ2v) is 7.38. The van der Waals surface area contributed by atoms with Gasteiger partial charge in [-0.3, -0.25) is 14.6 Å². The Morgan fingerprint density at radius 1 is 1.14 bits per heavy atom. The molecule has 1 aliphatic heterocycles. The lowest BCUT2D eigenvalue weighted by Gasteiger charge is -2.20. The van der Waals surface area contributed by atoms with Gasteiger partial charge in [0.1, 0.15) is 0 Å². The summed E-state index contributed by atoms with van der Waals surface area (Å²) in [7, 11) is 0. The van der Waals surface area contributed by atoms with Crippen molar-refractivity contribution < 1.29 is 9.59 Å². The molecule has 8 heteroatoms. The van der Waals surface area contributed by atoms with Crippen molar-refractivity contribution in [2.45, 2.75) is 39.0 Å². The molecule has 0 unspecified atom stereocenters. The molecule has 7 nitrogen and oxygen atoms in total. The number of carbonyl (C=O) groups excluding carboxylic acids is 2. The average Bonchev–Trinajstić information content (AvgIpc) is 2.92. The number of guanidine groups is 1. The van der Waals surface area contributed by atoms with Crippen LogP contribution in [-0.2, 0) is 4.79 Å². The first-order chi connectivity index (χ1) is 14.1. The molecule has 0 saturated carbocycles. The minimum atomic E-state index is -0.193. The fourth-order valence-corrected chi connectivity index (χ4v) is 3.39. The van der Waals surface area contributed by atoms with Crippen molar-refractivity contribution in [3.8, 4) is 0 Å². The van der Waals surface area contributed by atoms with Crippen LogP contribution in [0.25, 0.3) is 0 Å². The minimum absolute atomic E-state index is 0.193. The summed E-state index contributed by atoms with van der Waals surface area (Å²) < 4.78 is 0. The third-order valence-corrected chi connectivity index (χ3v) is 5.02. The van der Waals surface area contributed by atoms with Crippen molar-refractivity contribution in [3.05, 3.63) is 34.9 Å². The highest BCUT2D eigenvalue weighted by molar-refractivity contribution is 6.33. The fourth-order valence-electron chi connectivity index (χ4n) is 3.17. The van der Waals surface area contributed by atoms with Gasteiger partial charge in [0, 0.05) is 45.7 Å². The molecule has 0 bridgehead atoms. The zero-order valence-corrected chi connectivity index (χ0v) is 17.9. The first-order valence-electron chi connectivity index (χ1n) is 10.4. The molecule has 1 aromatic rings. The molecule has 0 atom stereocenters. The molecular formula is C21H32ClN5O2. The summed E-state index contributed by atoms with van der Waals surface area (Å²) in [6.45, 7) is 6.03. The molecule has 1 saturated heterocycles. The topological polar surface area (TPSA) is 85.8 Å². The maximum atomic E-state index is 12.1. The maximum absolute atomic E-state index is 12.1. The fraction of sp³-hybridized carbons (Fsp3) is 0.571. The minimum Gasteiger partial charge on any atom is -0.357 e. The van der Waals surface area contributed by atoms with Gasteiger partial charge in [-0.1, -0.05) is 30.2 Å². The van der Waals surface area contributed by atoms with Crippen molar-refractivity contribution in [2.24, 2.45) is 4.99 Å². The summed E-state index contributed by atoms with van der Waals surface area (Å²) in [6, 6.07) is 6.98. The molecule has 1 aromatic carbocycles. The number of nitrogens with one attached hydrogen (secondary N) is 3. The van der Waals surface area contributed by atoms with E-state index in [2.05, 4.69) is 20.9 Å². The van der Waals surface area contributed by atoms with Crippen LogP contribution in [0.4, 0.5) is 0 Å². The van der Waals surface area contributed by atoms with Gasteiger partial charge in [0.2, 0.25) is 5.91 Å². The van der Waals surface area contributed by atoms with Gasteiger partial charge in [-0.15, -0.1) is 0 Å². The molecule has 1 fully saturated rings. The molecule has 29 heavy (non-hydrogen) atoms. The number of nitrogens with zero attached hydrogens (tertiary/aromatic N) is 2. The van der Waals surface area contributed by atoms with E-state index in [0.717, 1.165) is 45.3 Å². The summed E-state index contributed by atoms with van der Waals surface area (Å²) >= 11 is 6.04. The van der Waals surface area contributed by atoms with Gasteiger partial charge in [0.15, 0.2) is 5.96 Å². The summed E-state index contributed by atoms with van der Waals surface area (Å²) in [5, 5.41) is 9.69. The molecule has 0 aliphatic carbocycles. The van der Waals surface area contributed by atoms with Gasteiger partial charge in [-0.2, -0.15) is 0 Å². The van der Waals surface area contributed by atoms with E-state index in [1.165, 1.54) is 0 Å². The molecule has 2 rings (SSSR count). The van der Waals surface area contributed by atoms with E-state index in [9.17, 15) is 9.59 Å². The van der Waals surface area contributed by atoms with Crippen LogP contribution in [-0.4, -0.2) is 61.9 Å². The summed E-state index contributed by atoms with van der Waals surface area (Å²) in [4.78, 5) is 30.7. The van der Waals surface area contributed by atoms with E-state index in [4.69, 9.17) is 11.6 Å². The van der Waals surface area contributed by atoms with Gasteiger partial charge < -0.3 is 20.9 Å². The Morgan fingerprint density at radius 3 is 2.72 bits per heavy atom. The first kappa shape index (κ1) is 23.0. The van der Waals surface area contributed by atoms with Crippen LogP contribution in [0.2, 0.25) is 5.02 Å². The quantitative estimate of drug-likeness (QED) is 0.324. The molecule has 2 amide bonds. The summed E-state index contributed by atoms with van der Waals surface area (Å²) in [6.07, 6.45) is 4.76. The van der Waals surface area contributed by atoms with Crippen LogP contribution in [0, 0.1) is 0 Å². The average molecular weight is 422 g/mol. The van der Waals surface area contributed by atoms with Crippen LogP contribution in [0.3, 0.4) is 0 Å². The number of carbonyl (C=O) groups is 2. The standard InChI is InChI=1S/C21H32ClN5O2/c1-2-23-21(25-12-8-16-27-15-7-3-4-11-19(27)28)26-14-13-24-20(29)17-9-5-6-10-18(17)22/h5-6,9-10H,2-4,7-8,11-16H2,1H3,(H,24,29)(H2,23,25,26). The Kier molecular flexibility index (Phi) is 10.3. The van der Waals surface area contributed by atoms with E-state index in [0.29, 0.717) is 42.6 Å². The van der Waals surface area contributed by atoms with Crippen molar-refractivity contribution >= 4 is 29.4 Å². The van der Waals surface area contributed by atoms with Crippen LogP contribution in [0.1, 0.15) is 49.4 Å². The molecule has 1 aliphatic rings. The Bertz CT molecular complexity index is 695. The van der Waals surface area contributed by atoms with Gasteiger partial charge in [-0.05, 0) is 38.3 Å². The zero-order valence-electron chi connectivity index (χ0n) is 17.2. The number of aliphatic imine (C=N–C) groups is 1. The van der Waals surface area contributed by atoms with Crippen molar-refractivity contribution in [1.82, 2.24) is 20.9 Å². The lowest BCUT2D eigenvalue weighted by Crippen LogP contribution is -2.41. The number of benzene rings is 1. The molecule has 3 N–H and O–H groups in total. The van der Waals surface area contributed by atoms with E-state index in [1.807, 2.05) is 11.8 Å². The Morgan fingerprint density at radius 2 is 1.93 bits per heavy atom. The van der Waals surface area contributed by atoms with E-state index in [-0.39, 0.29) is 11.8 Å². The lowest BCUT2D eigenvalue weighted by molar-refractivity contribution is -0.130. The summed E-state index contributed by atoms with van der Waals surface area (Å²) in [5.74, 6) is 0.786. The van der Waals surface area contributed by atoms with Crippen molar-refractivity contribution in [2.75, 3.05) is 39.3 Å².